The second-order valence-electron chi connectivity index (χ2n) is 4.84. The number of hydrogen-bond acceptors (Lipinski definition) is 3. The first-order chi connectivity index (χ1) is 10.1. The lowest BCUT2D eigenvalue weighted by atomic mass is 10.0. The fourth-order valence-corrected chi connectivity index (χ4v) is 1.84. The number of rotatable bonds is 3. The van der Waals surface area contributed by atoms with Crippen LogP contribution in [-0.4, -0.2) is 16.8 Å². The van der Waals surface area contributed by atoms with Gasteiger partial charge in [-0.1, -0.05) is 18.2 Å². The average Bonchev–Trinajstić information content (AvgIpc) is 2.49. The number of nitrogens with one attached hydrogen (secondary N) is 2. The van der Waals surface area contributed by atoms with Crippen LogP contribution >= 0.6 is 0 Å². The van der Waals surface area contributed by atoms with Crippen molar-refractivity contribution in [3.63, 3.8) is 0 Å². The molecule has 0 aliphatic carbocycles. The van der Waals surface area contributed by atoms with Gasteiger partial charge >= 0.3 is 0 Å². The van der Waals surface area contributed by atoms with Crippen LogP contribution in [0.1, 0.15) is 27.0 Å². The fourth-order valence-electron chi connectivity index (χ4n) is 1.84. The molecule has 1 heterocycles. The molecule has 0 bridgehead atoms. The number of benzene rings is 1. The van der Waals surface area contributed by atoms with E-state index in [1.165, 1.54) is 11.8 Å². The molecule has 0 atom stereocenters. The van der Waals surface area contributed by atoms with Crippen molar-refractivity contribution in [1.82, 2.24) is 15.8 Å². The van der Waals surface area contributed by atoms with Gasteiger partial charge in [0.1, 0.15) is 0 Å². The number of aromatic nitrogens is 1. The predicted octanol–water partition coefficient (Wildman–Crippen LogP) is 1.70. The van der Waals surface area contributed by atoms with Crippen molar-refractivity contribution in [2.75, 3.05) is 0 Å². The topological polar surface area (TPSA) is 71.1 Å². The molecule has 5 heteroatoms. The number of carbonyl (C=O) groups excluding carboxylic acids is 2. The largest absolute Gasteiger partial charge is 0.273 e. The van der Waals surface area contributed by atoms with Crippen molar-refractivity contribution in [3.8, 4) is 0 Å². The quantitative estimate of drug-likeness (QED) is 0.842. The van der Waals surface area contributed by atoms with E-state index in [4.69, 9.17) is 0 Å². The summed E-state index contributed by atoms with van der Waals surface area (Å²) in [7, 11) is 0. The molecule has 0 saturated heterocycles. The summed E-state index contributed by atoms with van der Waals surface area (Å²) in [5.74, 6) is -0.660. The van der Waals surface area contributed by atoms with Gasteiger partial charge in [0.15, 0.2) is 0 Å². The van der Waals surface area contributed by atoms with Crippen molar-refractivity contribution >= 4 is 11.8 Å². The van der Waals surface area contributed by atoms with Crippen LogP contribution in [0.5, 0.6) is 0 Å². The molecule has 0 aliphatic heterocycles. The van der Waals surface area contributed by atoms with E-state index >= 15 is 0 Å². The molecule has 0 aliphatic rings. The number of hydrogen-bond donors (Lipinski definition) is 2. The highest BCUT2D eigenvalue weighted by Gasteiger charge is 2.08. The Morgan fingerprint density at radius 3 is 2.57 bits per heavy atom. The summed E-state index contributed by atoms with van der Waals surface area (Å²) >= 11 is 0. The van der Waals surface area contributed by atoms with E-state index in [0.29, 0.717) is 5.56 Å². The molecule has 108 valence electrons. The van der Waals surface area contributed by atoms with E-state index in [0.717, 1.165) is 11.1 Å². The molecule has 0 unspecified atom stereocenters. The molecule has 21 heavy (non-hydrogen) atoms. The molecular formula is C16H17N3O2. The molecule has 0 radical (unpaired) electrons. The zero-order valence-electron chi connectivity index (χ0n) is 12.0. The second kappa shape index (κ2) is 6.65. The Morgan fingerprint density at radius 1 is 1.10 bits per heavy atom. The maximum absolute atomic E-state index is 11.8. The Balaban J connectivity index is 1.87. The number of aryl methyl sites for hydroxylation is 2. The van der Waals surface area contributed by atoms with Gasteiger partial charge in [-0.25, -0.2) is 0 Å². The molecule has 1 aromatic carbocycles. The molecule has 0 saturated carbocycles. The van der Waals surface area contributed by atoms with Crippen molar-refractivity contribution in [3.05, 3.63) is 65.0 Å². The van der Waals surface area contributed by atoms with Crippen molar-refractivity contribution in [2.24, 2.45) is 0 Å². The summed E-state index contributed by atoms with van der Waals surface area (Å²) in [5.41, 5.74) is 8.39. The van der Waals surface area contributed by atoms with Gasteiger partial charge in [0.25, 0.3) is 5.91 Å². The average molecular weight is 283 g/mol. The summed E-state index contributed by atoms with van der Waals surface area (Å²) in [6.45, 7) is 4.02. The summed E-state index contributed by atoms with van der Waals surface area (Å²) in [5, 5.41) is 0. The summed E-state index contributed by atoms with van der Waals surface area (Å²) in [6.07, 6.45) is 3.23. The first-order valence-electron chi connectivity index (χ1n) is 6.61. The predicted molar refractivity (Wildman–Crippen MR) is 79.5 cm³/mol. The number of pyridine rings is 1. The first kappa shape index (κ1) is 14.7. The van der Waals surface area contributed by atoms with Crippen LogP contribution in [0.15, 0.2) is 42.7 Å². The van der Waals surface area contributed by atoms with Gasteiger partial charge in [-0.15, -0.1) is 0 Å². The minimum Gasteiger partial charge on any atom is -0.273 e. The zero-order chi connectivity index (χ0) is 15.2. The van der Waals surface area contributed by atoms with E-state index in [1.54, 1.807) is 18.3 Å². The molecule has 2 aromatic rings. The van der Waals surface area contributed by atoms with Crippen LogP contribution in [0.25, 0.3) is 0 Å². The van der Waals surface area contributed by atoms with Gasteiger partial charge in [0, 0.05) is 12.4 Å². The van der Waals surface area contributed by atoms with Crippen molar-refractivity contribution in [2.45, 2.75) is 20.3 Å². The van der Waals surface area contributed by atoms with Gasteiger partial charge in [-0.05, 0) is 42.7 Å². The van der Waals surface area contributed by atoms with Crippen LogP contribution < -0.4 is 10.9 Å². The van der Waals surface area contributed by atoms with E-state index in [9.17, 15) is 9.59 Å². The third-order valence-electron chi connectivity index (χ3n) is 3.18. The standard InChI is InChI=1S/C16H17N3O2/c1-11-5-6-13(8-12(11)2)9-15(20)18-19-16(21)14-4-3-7-17-10-14/h3-8,10H,9H2,1-2H3,(H,18,20)(H,19,21). The van der Waals surface area contributed by atoms with Gasteiger partial charge in [0.2, 0.25) is 5.91 Å². The Hall–Kier alpha value is -2.69. The summed E-state index contributed by atoms with van der Waals surface area (Å²) < 4.78 is 0. The van der Waals surface area contributed by atoms with E-state index in [2.05, 4.69) is 15.8 Å². The SMILES string of the molecule is Cc1ccc(CC(=O)NNC(=O)c2cccnc2)cc1C. The first-order valence-corrected chi connectivity index (χ1v) is 6.61. The fraction of sp³-hybridized carbons (Fsp3) is 0.188. The molecule has 0 spiro atoms. The third kappa shape index (κ3) is 4.14. The number of hydrazine groups is 1. The highest BCUT2D eigenvalue weighted by atomic mass is 16.2. The molecular weight excluding hydrogens is 266 g/mol. The Bertz CT molecular complexity index is 654. The highest BCUT2D eigenvalue weighted by Crippen LogP contribution is 2.10. The molecule has 5 nitrogen and oxygen atoms in total. The number of carbonyl (C=O) groups is 2. The molecule has 0 fully saturated rings. The minimum atomic E-state index is -0.392. The van der Waals surface area contributed by atoms with Crippen LogP contribution in [0.3, 0.4) is 0 Å². The van der Waals surface area contributed by atoms with Crippen LogP contribution in [0, 0.1) is 13.8 Å². The van der Waals surface area contributed by atoms with E-state index < -0.39 is 5.91 Å². The highest BCUT2D eigenvalue weighted by molar-refractivity contribution is 5.95. The van der Waals surface area contributed by atoms with Gasteiger partial charge < -0.3 is 0 Å². The van der Waals surface area contributed by atoms with Gasteiger partial charge in [-0.2, -0.15) is 0 Å². The summed E-state index contributed by atoms with van der Waals surface area (Å²) in [4.78, 5) is 27.4. The van der Waals surface area contributed by atoms with Crippen molar-refractivity contribution < 1.29 is 9.59 Å². The Labute approximate surface area is 123 Å². The van der Waals surface area contributed by atoms with Crippen molar-refractivity contribution in [1.29, 1.82) is 0 Å². The normalized spacial score (nSPS) is 10.0. The maximum Gasteiger partial charge on any atom is 0.271 e. The Morgan fingerprint density at radius 2 is 1.90 bits per heavy atom. The number of nitrogens with zero attached hydrogens (tertiary/aromatic N) is 1. The minimum absolute atomic E-state index is 0.217. The molecule has 1 aromatic heterocycles. The second-order valence-corrected chi connectivity index (χ2v) is 4.84. The lowest BCUT2D eigenvalue weighted by molar-refractivity contribution is -0.121. The lowest BCUT2D eigenvalue weighted by Crippen LogP contribution is -2.42. The van der Waals surface area contributed by atoms with Crippen LogP contribution in [-0.2, 0) is 11.2 Å². The van der Waals surface area contributed by atoms with Gasteiger partial charge in [0.05, 0.1) is 12.0 Å². The third-order valence-corrected chi connectivity index (χ3v) is 3.18. The van der Waals surface area contributed by atoms with Crippen LogP contribution in [0.2, 0.25) is 0 Å². The molecule has 2 amide bonds. The van der Waals surface area contributed by atoms with Crippen LogP contribution in [0.4, 0.5) is 0 Å². The zero-order valence-corrected chi connectivity index (χ0v) is 12.0. The van der Waals surface area contributed by atoms with E-state index in [-0.39, 0.29) is 12.3 Å². The maximum atomic E-state index is 11.8. The number of amides is 2. The Kier molecular flexibility index (Phi) is 4.66. The monoisotopic (exact) mass is 283 g/mol. The molecule has 2 rings (SSSR count). The molecule has 2 N–H and O–H groups in total. The smallest absolute Gasteiger partial charge is 0.271 e. The lowest BCUT2D eigenvalue weighted by Gasteiger charge is -2.08. The summed E-state index contributed by atoms with van der Waals surface area (Å²) in [6, 6.07) is 9.14. The van der Waals surface area contributed by atoms with E-state index in [1.807, 2.05) is 32.0 Å². The van der Waals surface area contributed by atoms with Gasteiger partial charge in [-0.3, -0.25) is 25.4 Å².